The fourth-order valence-electron chi connectivity index (χ4n) is 1.63. The number of rotatable bonds is 5. The summed E-state index contributed by atoms with van der Waals surface area (Å²) in [5.41, 5.74) is -0.373. The lowest BCUT2D eigenvalue weighted by molar-refractivity contribution is -0.139. The Kier molecular flexibility index (Phi) is 6.07. The van der Waals surface area contributed by atoms with Crippen molar-refractivity contribution in [3.8, 4) is 0 Å². The molecule has 0 aromatic heterocycles. The van der Waals surface area contributed by atoms with Gasteiger partial charge in [0.2, 0.25) is 0 Å². The van der Waals surface area contributed by atoms with Gasteiger partial charge in [-0.25, -0.2) is 18.4 Å². The monoisotopic (exact) mass is 364 g/mol. The number of urea groups is 1. The van der Waals surface area contributed by atoms with E-state index in [-0.39, 0.29) is 22.5 Å². The second kappa shape index (κ2) is 7.35. The Morgan fingerprint density at radius 2 is 1.90 bits per heavy atom. The standard InChI is InChI=1S/C13H15BrF2N2O3/c1-6(2)3-11(12(19)20)18-13(21)17-10-5-8(15)7(14)4-9(10)16/h4-6,11H,3H2,1-2H3,(H,19,20)(H2,17,18,21)/t11-/m1/s1. The van der Waals surface area contributed by atoms with E-state index in [1.165, 1.54) is 0 Å². The summed E-state index contributed by atoms with van der Waals surface area (Å²) in [4.78, 5) is 22.7. The molecule has 1 rings (SSSR count). The molecular formula is C13H15BrF2N2O3. The van der Waals surface area contributed by atoms with Gasteiger partial charge in [0, 0.05) is 6.07 Å². The minimum Gasteiger partial charge on any atom is -0.480 e. The molecule has 0 spiro atoms. The van der Waals surface area contributed by atoms with E-state index >= 15 is 0 Å². The number of hydrogen-bond acceptors (Lipinski definition) is 2. The Bertz CT molecular complexity index is 552. The number of halogens is 3. The fraction of sp³-hybridized carbons (Fsp3) is 0.385. The van der Waals surface area contributed by atoms with Crippen LogP contribution in [0.5, 0.6) is 0 Å². The van der Waals surface area contributed by atoms with Gasteiger partial charge in [-0.15, -0.1) is 0 Å². The van der Waals surface area contributed by atoms with E-state index in [1.807, 2.05) is 0 Å². The average Bonchev–Trinajstić information content (AvgIpc) is 2.34. The van der Waals surface area contributed by atoms with Gasteiger partial charge in [-0.05, 0) is 34.3 Å². The maximum atomic E-state index is 13.5. The minimum atomic E-state index is -1.19. The molecule has 1 aromatic carbocycles. The molecule has 1 atom stereocenters. The third kappa shape index (κ3) is 5.30. The number of carbonyl (C=O) groups is 2. The first-order chi connectivity index (χ1) is 9.70. The van der Waals surface area contributed by atoms with Crippen molar-refractivity contribution in [1.82, 2.24) is 5.32 Å². The smallest absolute Gasteiger partial charge is 0.326 e. The first-order valence-corrected chi connectivity index (χ1v) is 6.95. The van der Waals surface area contributed by atoms with Crippen molar-refractivity contribution in [3.05, 3.63) is 28.2 Å². The van der Waals surface area contributed by atoms with Crippen LogP contribution in [0.25, 0.3) is 0 Å². The van der Waals surface area contributed by atoms with E-state index in [9.17, 15) is 18.4 Å². The molecule has 0 heterocycles. The molecule has 0 aliphatic carbocycles. The van der Waals surface area contributed by atoms with Gasteiger partial charge in [-0.1, -0.05) is 13.8 Å². The summed E-state index contributed by atoms with van der Waals surface area (Å²) in [6, 6.07) is -0.345. The molecule has 0 unspecified atom stereocenters. The molecule has 21 heavy (non-hydrogen) atoms. The van der Waals surface area contributed by atoms with Crippen LogP contribution in [-0.2, 0) is 4.79 Å². The van der Waals surface area contributed by atoms with E-state index in [4.69, 9.17) is 5.11 Å². The second-order valence-corrected chi connectivity index (χ2v) is 5.72. The highest BCUT2D eigenvalue weighted by Crippen LogP contribution is 2.23. The first kappa shape index (κ1) is 17.4. The van der Waals surface area contributed by atoms with E-state index in [0.717, 1.165) is 12.1 Å². The predicted octanol–water partition coefficient (Wildman–Crippen LogP) is 3.35. The summed E-state index contributed by atoms with van der Waals surface area (Å²) in [5.74, 6) is -2.73. The number of amides is 2. The van der Waals surface area contributed by atoms with Crippen molar-refractivity contribution in [1.29, 1.82) is 0 Å². The molecule has 5 nitrogen and oxygen atoms in total. The topological polar surface area (TPSA) is 78.4 Å². The van der Waals surface area contributed by atoms with Crippen LogP contribution in [0.1, 0.15) is 20.3 Å². The number of hydrogen-bond donors (Lipinski definition) is 3. The molecule has 116 valence electrons. The molecular weight excluding hydrogens is 350 g/mol. The zero-order valence-corrected chi connectivity index (χ0v) is 13.0. The highest BCUT2D eigenvalue weighted by atomic mass is 79.9. The third-order valence-electron chi connectivity index (χ3n) is 2.57. The van der Waals surface area contributed by atoms with Crippen molar-refractivity contribution in [2.24, 2.45) is 5.92 Å². The molecule has 8 heteroatoms. The Hall–Kier alpha value is -1.70. The number of benzene rings is 1. The van der Waals surface area contributed by atoms with Gasteiger partial charge in [-0.3, -0.25) is 0 Å². The van der Waals surface area contributed by atoms with Crippen LogP contribution in [-0.4, -0.2) is 23.1 Å². The molecule has 0 fully saturated rings. The van der Waals surface area contributed by atoms with Crippen molar-refractivity contribution in [2.45, 2.75) is 26.3 Å². The van der Waals surface area contributed by atoms with Gasteiger partial charge in [0.1, 0.15) is 17.7 Å². The largest absolute Gasteiger partial charge is 0.480 e. The van der Waals surface area contributed by atoms with Crippen molar-refractivity contribution >= 4 is 33.6 Å². The molecule has 0 bridgehead atoms. The Balaban J connectivity index is 2.77. The lowest BCUT2D eigenvalue weighted by Crippen LogP contribution is -2.43. The Labute approximate surface area is 128 Å². The van der Waals surface area contributed by atoms with Gasteiger partial charge < -0.3 is 15.7 Å². The molecule has 0 aliphatic heterocycles. The van der Waals surface area contributed by atoms with Gasteiger partial charge >= 0.3 is 12.0 Å². The maximum Gasteiger partial charge on any atom is 0.326 e. The molecule has 0 radical (unpaired) electrons. The number of aliphatic carboxylic acids is 1. The highest BCUT2D eigenvalue weighted by Gasteiger charge is 2.21. The van der Waals surface area contributed by atoms with E-state index in [2.05, 4.69) is 26.6 Å². The summed E-state index contributed by atoms with van der Waals surface area (Å²) in [6.45, 7) is 3.61. The number of carboxylic acids is 1. The molecule has 0 aliphatic rings. The molecule has 3 N–H and O–H groups in total. The molecule has 2 amide bonds. The van der Waals surface area contributed by atoms with Crippen molar-refractivity contribution < 1.29 is 23.5 Å². The number of anilines is 1. The zero-order chi connectivity index (χ0) is 16.2. The first-order valence-electron chi connectivity index (χ1n) is 6.15. The van der Waals surface area contributed by atoms with Gasteiger partial charge in [0.15, 0.2) is 0 Å². The van der Waals surface area contributed by atoms with Gasteiger partial charge in [0.25, 0.3) is 0 Å². The van der Waals surface area contributed by atoms with Crippen LogP contribution < -0.4 is 10.6 Å². The SMILES string of the molecule is CC(C)C[C@@H](NC(=O)Nc1cc(F)c(Br)cc1F)C(=O)O. The zero-order valence-electron chi connectivity index (χ0n) is 11.4. The highest BCUT2D eigenvalue weighted by molar-refractivity contribution is 9.10. The Morgan fingerprint density at radius 3 is 2.43 bits per heavy atom. The van der Waals surface area contributed by atoms with Crippen LogP contribution in [0.4, 0.5) is 19.3 Å². The number of nitrogens with one attached hydrogen (secondary N) is 2. The quantitative estimate of drug-likeness (QED) is 0.701. The summed E-state index contributed by atoms with van der Waals surface area (Å²) >= 11 is 2.81. The van der Waals surface area contributed by atoms with Crippen molar-refractivity contribution in [3.63, 3.8) is 0 Å². The summed E-state index contributed by atoms with van der Waals surface area (Å²) in [5, 5.41) is 13.3. The lowest BCUT2D eigenvalue weighted by atomic mass is 10.0. The number of carboxylic acid groups (broad SMARTS) is 1. The van der Waals surface area contributed by atoms with E-state index < -0.39 is 29.7 Å². The molecule has 0 saturated carbocycles. The van der Waals surface area contributed by atoms with Gasteiger partial charge in [-0.2, -0.15) is 0 Å². The van der Waals surface area contributed by atoms with Crippen LogP contribution in [0.3, 0.4) is 0 Å². The average molecular weight is 365 g/mol. The summed E-state index contributed by atoms with van der Waals surface area (Å²) < 4.78 is 26.8. The number of carbonyl (C=O) groups excluding carboxylic acids is 1. The minimum absolute atomic E-state index is 0.0493. The second-order valence-electron chi connectivity index (χ2n) is 4.86. The van der Waals surface area contributed by atoms with Crippen LogP contribution in [0.2, 0.25) is 0 Å². The fourth-order valence-corrected chi connectivity index (χ4v) is 1.94. The lowest BCUT2D eigenvalue weighted by Gasteiger charge is -2.17. The van der Waals surface area contributed by atoms with Crippen LogP contribution in [0, 0.1) is 17.6 Å². The summed E-state index contributed by atoms with van der Waals surface area (Å²) in [7, 11) is 0. The molecule has 1 aromatic rings. The van der Waals surface area contributed by atoms with E-state index in [1.54, 1.807) is 13.8 Å². The molecule has 0 saturated heterocycles. The predicted molar refractivity (Wildman–Crippen MR) is 77.1 cm³/mol. The van der Waals surface area contributed by atoms with Gasteiger partial charge in [0.05, 0.1) is 10.2 Å². The maximum absolute atomic E-state index is 13.5. The van der Waals surface area contributed by atoms with E-state index in [0.29, 0.717) is 0 Å². The third-order valence-corrected chi connectivity index (χ3v) is 3.18. The van der Waals surface area contributed by atoms with Crippen molar-refractivity contribution in [2.75, 3.05) is 5.32 Å². The summed E-state index contributed by atoms with van der Waals surface area (Å²) in [6.07, 6.45) is 0.222. The van der Waals surface area contributed by atoms with Crippen LogP contribution >= 0.6 is 15.9 Å². The van der Waals surface area contributed by atoms with Crippen LogP contribution in [0.15, 0.2) is 16.6 Å². The normalized spacial score (nSPS) is 12.1. The Morgan fingerprint density at radius 1 is 1.29 bits per heavy atom.